The lowest BCUT2D eigenvalue weighted by Crippen LogP contribution is -2.20. The first kappa shape index (κ1) is 40.6. The summed E-state index contributed by atoms with van der Waals surface area (Å²) in [5.74, 6) is -5.90. The summed E-state index contributed by atoms with van der Waals surface area (Å²) in [5, 5.41) is 9.14. The molecule has 6 rings (SSSR count). The van der Waals surface area contributed by atoms with Gasteiger partial charge < -0.3 is 19.8 Å². The van der Waals surface area contributed by atoms with Crippen LogP contribution in [0.25, 0.3) is 44.6 Å². The summed E-state index contributed by atoms with van der Waals surface area (Å²) < 4.78 is 61.0. The predicted molar refractivity (Wildman–Crippen MR) is 186 cm³/mol. The average molecular weight is 790 g/mol. The minimum atomic E-state index is -0.952. The maximum atomic E-state index is 14.4. The van der Waals surface area contributed by atoms with E-state index in [9.17, 15) is 37.1 Å². The van der Waals surface area contributed by atoms with Crippen molar-refractivity contribution in [3.8, 4) is 33.8 Å². The number of esters is 1. The molecule has 11 nitrogen and oxygen atoms in total. The molecular formula is C32H24Cl4F4N6O5. The van der Waals surface area contributed by atoms with Crippen molar-refractivity contribution in [1.29, 1.82) is 0 Å². The zero-order valence-electron chi connectivity index (χ0n) is 25.3. The summed E-state index contributed by atoms with van der Waals surface area (Å²) in [5.41, 5.74) is -3.67. The van der Waals surface area contributed by atoms with E-state index in [0.717, 1.165) is 24.3 Å². The van der Waals surface area contributed by atoms with Gasteiger partial charge in [-0.3, -0.25) is 14.4 Å². The second kappa shape index (κ2) is 17.4. The van der Waals surface area contributed by atoms with Crippen molar-refractivity contribution in [3.05, 3.63) is 103 Å². The van der Waals surface area contributed by atoms with E-state index in [-0.39, 0.29) is 40.8 Å². The molecule has 0 aliphatic carbocycles. The topological polar surface area (TPSA) is 164 Å². The number of H-pyrrole nitrogens is 2. The number of aromatic hydroxyl groups is 1. The largest absolute Gasteiger partial charge is 0.505 e. The number of fused-ring (bicyclic) bond motifs is 2. The van der Waals surface area contributed by atoms with E-state index >= 15 is 0 Å². The molecule has 0 aliphatic heterocycles. The molecule has 0 aliphatic rings. The number of pyridine rings is 2. The molecule has 0 spiro atoms. The van der Waals surface area contributed by atoms with Gasteiger partial charge in [0.1, 0.15) is 34.3 Å². The number of rotatable bonds is 4. The summed E-state index contributed by atoms with van der Waals surface area (Å²) in [6, 6.07) is 3.30. The maximum Gasteiger partial charge on any atom is 0.313 e. The minimum absolute atomic E-state index is 0. The number of hydrogen-bond acceptors (Lipinski definition) is 9. The lowest BCUT2D eigenvalue weighted by atomic mass is 10.0. The van der Waals surface area contributed by atoms with Crippen molar-refractivity contribution in [2.75, 3.05) is 5.34 Å². The fraction of sp³-hybridized carbons (Fsp3) is 0.156. The van der Waals surface area contributed by atoms with Gasteiger partial charge in [0.2, 0.25) is 0 Å². The van der Waals surface area contributed by atoms with Crippen molar-refractivity contribution < 1.29 is 32.2 Å². The first-order valence-electron chi connectivity index (χ1n) is 13.8. The highest BCUT2D eigenvalue weighted by Crippen LogP contribution is 2.39. The third-order valence-corrected chi connectivity index (χ3v) is 7.22. The summed E-state index contributed by atoms with van der Waals surface area (Å²) >= 11 is 21.1. The molecule has 2 aromatic carbocycles. The molecule has 0 unspecified atom stereocenters. The van der Waals surface area contributed by atoms with E-state index in [0.29, 0.717) is 0 Å². The number of ether oxygens (including phenoxy) is 1. The van der Waals surface area contributed by atoms with Crippen LogP contribution >= 0.6 is 46.4 Å². The van der Waals surface area contributed by atoms with Crippen LogP contribution in [0.4, 0.5) is 17.6 Å². The number of benzene rings is 2. The Morgan fingerprint density at radius 1 is 0.725 bits per heavy atom. The van der Waals surface area contributed by atoms with Crippen LogP contribution in [0.3, 0.4) is 0 Å². The Hall–Kier alpha value is -4.83. The smallest absolute Gasteiger partial charge is 0.313 e. The molecular weight excluding hydrogens is 766 g/mol. The Labute approximate surface area is 305 Å². The van der Waals surface area contributed by atoms with Crippen molar-refractivity contribution in [3.63, 3.8) is 0 Å². The Morgan fingerprint density at radius 2 is 1.12 bits per heavy atom. The van der Waals surface area contributed by atoms with Crippen molar-refractivity contribution >= 4 is 74.7 Å². The van der Waals surface area contributed by atoms with E-state index in [1.807, 2.05) is 0 Å². The first-order valence-corrected chi connectivity index (χ1v) is 15.6. The summed E-state index contributed by atoms with van der Waals surface area (Å²) in [4.78, 5) is 57.1. The van der Waals surface area contributed by atoms with Gasteiger partial charge in [0, 0.05) is 35.9 Å². The highest BCUT2D eigenvalue weighted by atomic mass is 35.5. The summed E-state index contributed by atoms with van der Waals surface area (Å²) in [6.45, 7) is 3.16. The Morgan fingerprint density at radius 3 is 1.61 bits per heavy atom. The third kappa shape index (κ3) is 8.56. The van der Waals surface area contributed by atoms with Gasteiger partial charge in [-0.05, 0) is 24.3 Å². The maximum absolute atomic E-state index is 14.4. The third-order valence-electron chi connectivity index (χ3n) is 6.48. The SMILES string of the molecule is C.CC(C)C(=O)Oc1c(-c2c(F)ccc(F)c2Cl)c(=O)[nH]c2nccnc12.ClCCl.O=c1[nH]c2nccnc2c(O)c1-c1c(F)ccc(F)c1Cl. The molecule has 3 N–H and O–H groups in total. The van der Waals surface area contributed by atoms with Gasteiger partial charge in [-0.1, -0.05) is 44.5 Å². The number of aromatic amines is 2. The summed E-state index contributed by atoms with van der Waals surface area (Å²) in [6.07, 6.45) is 5.23. The van der Waals surface area contributed by atoms with Crippen LogP contribution < -0.4 is 15.9 Å². The van der Waals surface area contributed by atoms with Gasteiger partial charge in [-0.15, -0.1) is 23.2 Å². The molecule has 0 saturated carbocycles. The molecule has 6 aromatic rings. The second-order valence-corrected chi connectivity index (χ2v) is 11.5. The van der Waals surface area contributed by atoms with E-state index in [1.54, 1.807) is 13.8 Å². The molecule has 268 valence electrons. The molecule has 4 aromatic heterocycles. The average Bonchev–Trinajstić information content (AvgIpc) is 3.08. The minimum Gasteiger partial charge on any atom is -0.505 e. The number of carbonyl (C=O) groups is 1. The quantitative estimate of drug-likeness (QED) is 0.0692. The fourth-order valence-corrected chi connectivity index (χ4v) is 4.77. The van der Waals surface area contributed by atoms with E-state index in [2.05, 4.69) is 29.9 Å². The Balaban J connectivity index is 0.000000256. The van der Waals surface area contributed by atoms with Crippen molar-refractivity contribution in [1.82, 2.24) is 29.9 Å². The zero-order chi connectivity index (χ0) is 36.9. The lowest BCUT2D eigenvalue weighted by molar-refractivity contribution is -0.137. The summed E-state index contributed by atoms with van der Waals surface area (Å²) in [7, 11) is 0. The molecule has 0 saturated heterocycles. The van der Waals surface area contributed by atoms with E-state index in [4.69, 9.17) is 51.1 Å². The molecule has 0 fully saturated rings. The van der Waals surface area contributed by atoms with Gasteiger partial charge in [0.15, 0.2) is 22.8 Å². The van der Waals surface area contributed by atoms with Crippen LogP contribution in [0, 0.1) is 29.2 Å². The highest BCUT2D eigenvalue weighted by Gasteiger charge is 2.27. The van der Waals surface area contributed by atoms with Gasteiger partial charge in [0.25, 0.3) is 11.1 Å². The van der Waals surface area contributed by atoms with Crippen molar-refractivity contribution in [2.24, 2.45) is 5.92 Å². The Bertz CT molecular complexity index is 2360. The molecule has 4 heterocycles. The molecule has 51 heavy (non-hydrogen) atoms. The van der Waals surface area contributed by atoms with Crippen LogP contribution in [0.1, 0.15) is 21.3 Å². The monoisotopic (exact) mass is 788 g/mol. The normalized spacial score (nSPS) is 10.6. The lowest BCUT2D eigenvalue weighted by Gasteiger charge is -2.14. The molecule has 0 amide bonds. The van der Waals surface area contributed by atoms with Crippen molar-refractivity contribution in [2.45, 2.75) is 21.3 Å². The molecule has 0 bridgehead atoms. The Kier molecular flexibility index (Phi) is 13.8. The number of halogens is 8. The fourth-order valence-electron chi connectivity index (χ4n) is 4.28. The highest BCUT2D eigenvalue weighted by molar-refractivity contribution is 6.40. The van der Waals surface area contributed by atoms with Gasteiger partial charge in [-0.2, -0.15) is 0 Å². The number of carbonyl (C=O) groups excluding carboxylic acids is 1. The van der Waals surface area contributed by atoms with E-state index < -0.39 is 84.3 Å². The van der Waals surface area contributed by atoms with Gasteiger partial charge in [0.05, 0.1) is 32.4 Å². The van der Waals surface area contributed by atoms with Crippen LogP contribution in [-0.2, 0) is 4.79 Å². The number of aromatic nitrogens is 6. The molecule has 19 heteroatoms. The predicted octanol–water partition coefficient (Wildman–Crippen LogP) is 8.16. The van der Waals surface area contributed by atoms with Crippen LogP contribution in [0.5, 0.6) is 11.5 Å². The zero-order valence-corrected chi connectivity index (χ0v) is 28.3. The number of nitrogens with one attached hydrogen (secondary N) is 2. The van der Waals surface area contributed by atoms with Gasteiger partial charge in [-0.25, -0.2) is 37.5 Å². The van der Waals surface area contributed by atoms with Crippen LogP contribution in [-0.4, -0.2) is 46.3 Å². The van der Waals surface area contributed by atoms with Crippen LogP contribution in [0.2, 0.25) is 10.0 Å². The first-order chi connectivity index (χ1) is 23.7. The van der Waals surface area contributed by atoms with Gasteiger partial charge >= 0.3 is 5.97 Å². The number of nitrogens with zero attached hydrogens (tertiary/aromatic N) is 4. The number of hydrogen-bond donors (Lipinski definition) is 3. The molecule has 0 radical (unpaired) electrons. The second-order valence-electron chi connectivity index (χ2n) is 9.96. The van der Waals surface area contributed by atoms with Crippen LogP contribution in [0.15, 0.2) is 58.6 Å². The standard InChI is InChI=1S/C17H12ClF2N3O3.C13H6ClF2N3O2.CH2Cl2.CH4/c1-7(2)17(25)26-14-11(10-8(19)3-4-9(20)12(10)18)16(24)23-15-13(14)21-5-6-22-15;14-9-6(16)2-1-5(15)7(9)8-11(20)10-12(19-13(8)21)18-4-3-17-10;2-1-3;/h3-7H,1-2H3,(H,22,23,24);1-4H,(H2,18,19,20,21);1H2;1H4. The number of alkyl halides is 2. The van der Waals surface area contributed by atoms with E-state index in [1.165, 1.54) is 24.8 Å². The molecule has 0 atom stereocenters.